The van der Waals surface area contributed by atoms with Gasteiger partial charge in [-0.3, -0.25) is 0 Å². The van der Waals surface area contributed by atoms with Gasteiger partial charge in [0.1, 0.15) is 11.3 Å². The normalized spacial score (nSPS) is 14.2. The van der Waals surface area contributed by atoms with Crippen LogP contribution in [0.1, 0.15) is 55.4 Å². The first-order valence-electron chi connectivity index (χ1n) is 11.1. The van der Waals surface area contributed by atoms with Crippen molar-refractivity contribution in [1.29, 1.82) is 0 Å². The highest BCUT2D eigenvalue weighted by atomic mass is 16.4. The molecule has 4 rings (SSSR count). The Morgan fingerprint density at radius 2 is 1.78 bits per heavy atom. The van der Waals surface area contributed by atoms with Gasteiger partial charge in [0.2, 0.25) is 0 Å². The Balaban J connectivity index is 1.88. The van der Waals surface area contributed by atoms with Gasteiger partial charge in [0.15, 0.2) is 0 Å². The van der Waals surface area contributed by atoms with Gasteiger partial charge in [-0.15, -0.1) is 0 Å². The minimum Gasteiger partial charge on any atom is -0.478 e. The van der Waals surface area contributed by atoms with Crippen LogP contribution in [0.15, 0.2) is 66.7 Å². The number of rotatable bonds is 7. The van der Waals surface area contributed by atoms with E-state index in [2.05, 4.69) is 50.0 Å². The van der Waals surface area contributed by atoms with Crippen LogP contribution in [-0.2, 0) is 5.41 Å². The molecule has 1 heterocycles. The van der Waals surface area contributed by atoms with Crippen LogP contribution in [0.4, 0.5) is 5.69 Å². The number of H-pyrrole nitrogens is 1. The van der Waals surface area contributed by atoms with Gasteiger partial charge >= 0.3 is 5.97 Å². The number of aromatic carboxylic acids is 1. The number of aromatic amines is 1. The largest absolute Gasteiger partial charge is 0.478 e. The second kappa shape index (κ2) is 8.50. The number of para-hydroxylation sites is 2. The SMILES string of the molecule is CCC(C)C(CC)(c1ccc(-c2ccccc2N)cc1)c1nc2c(C(=O)O)cccc2[nH]1. The molecule has 164 valence electrons. The lowest BCUT2D eigenvalue weighted by Crippen LogP contribution is -2.35. The Bertz CT molecular complexity index is 1260. The van der Waals surface area contributed by atoms with Gasteiger partial charge in [0.25, 0.3) is 0 Å². The van der Waals surface area contributed by atoms with Crippen molar-refractivity contribution >= 4 is 22.7 Å². The highest BCUT2D eigenvalue weighted by Gasteiger charge is 2.40. The molecule has 0 saturated carbocycles. The second-order valence-corrected chi connectivity index (χ2v) is 8.39. The van der Waals surface area contributed by atoms with E-state index in [-0.39, 0.29) is 16.9 Å². The number of fused-ring (bicyclic) bond motifs is 1. The lowest BCUT2D eigenvalue weighted by molar-refractivity contribution is 0.0699. The van der Waals surface area contributed by atoms with Gasteiger partial charge in [-0.25, -0.2) is 9.78 Å². The van der Waals surface area contributed by atoms with E-state index in [0.717, 1.165) is 46.6 Å². The maximum atomic E-state index is 11.7. The van der Waals surface area contributed by atoms with Crippen LogP contribution in [0.5, 0.6) is 0 Å². The van der Waals surface area contributed by atoms with E-state index in [1.807, 2.05) is 30.3 Å². The third kappa shape index (κ3) is 3.44. The fourth-order valence-corrected chi connectivity index (χ4v) is 4.85. The van der Waals surface area contributed by atoms with Crippen LogP contribution < -0.4 is 5.73 Å². The molecule has 4 N–H and O–H groups in total. The number of hydrogen-bond donors (Lipinski definition) is 3. The number of carboxylic acids is 1. The first-order chi connectivity index (χ1) is 15.4. The Morgan fingerprint density at radius 1 is 1.06 bits per heavy atom. The van der Waals surface area contributed by atoms with Gasteiger partial charge in [-0.05, 0) is 41.7 Å². The number of nitrogen functional groups attached to an aromatic ring is 1. The molecule has 4 aromatic rings. The predicted molar refractivity (Wildman–Crippen MR) is 130 cm³/mol. The number of carbonyl (C=O) groups is 1. The van der Waals surface area contributed by atoms with E-state index in [9.17, 15) is 9.90 Å². The summed E-state index contributed by atoms with van der Waals surface area (Å²) in [5, 5.41) is 9.62. The van der Waals surface area contributed by atoms with Crippen molar-refractivity contribution in [3.63, 3.8) is 0 Å². The van der Waals surface area contributed by atoms with Crippen molar-refractivity contribution in [2.45, 2.75) is 39.0 Å². The summed E-state index contributed by atoms with van der Waals surface area (Å²) < 4.78 is 0. The van der Waals surface area contributed by atoms with Crippen molar-refractivity contribution in [3.05, 3.63) is 83.7 Å². The Hall–Kier alpha value is -3.60. The van der Waals surface area contributed by atoms with Gasteiger partial charge < -0.3 is 15.8 Å². The number of nitrogens with one attached hydrogen (secondary N) is 1. The number of benzene rings is 3. The van der Waals surface area contributed by atoms with Crippen LogP contribution in [0.3, 0.4) is 0 Å². The number of carboxylic acid groups (broad SMARTS) is 1. The molecule has 0 fully saturated rings. The smallest absolute Gasteiger partial charge is 0.337 e. The molecule has 2 unspecified atom stereocenters. The quantitative estimate of drug-likeness (QED) is 0.304. The lowest BCUT2D eigenvalue weighted by Gasteiger charge is -2.37. The second-order valence-electron chi connectivity index (χ2n) is 8.39. The number of nitrogens with two attached hydrogens (primary N) is 1. The summed E-state index contributed by atoms with van der Waals surface area (Å²) in [6, 6.07) is 21.6. The molecular formula is C27H29N3O2. The lowest BCUT2D eigenvalue weighted by atomic mass is 9.67. The topological polar surface area (TPSA) is 92.0 Å². The molecule has 32 heavy (non-hydrogen) atoms. The monoisotopic (exact) mass is 427 g/mol. The summed E-state index contributed by atoms with van der Waals surface area (Å²) in [5.74, 6) is 0.128. The minimum absolute atomic E-state index is 0.217. The average Bonchev–Trinajstić information content (AvgIpc) is 3.25. The third-order valence-electron chi connectivity index (χ3n) is 6.85. The van der Waals surface area contributed by atoms with E-state index < -0.39 is 5.97 Å². The summed E-state index contributed by atoms with van der Waals surface area (Å²) in [6.45, 7) is 6.58. The van der Waals surface area contributed by atoms with Crippen molar-refractivity contribution in [1.82, 2.24) is 9.97 Å². The Labute approximate surface area is 188 Å². The predicted octanol–water partition coefficient (Wildman–Crippen LogP) is 6.25. The van der Waals surface area contributed by atoms with Crippen molar-refractivity contribution in [2.24, 2.45) is 5.92 Å². The molecule has 3 aromatic carbocycles. The molecule has 0 spiro atoms. The van der Waals surface area contributed by atoms with Crippen molar-refractivity contribution in [2.75, 3.05) is 5.73 Å². The highest BCUT2D eigenvalue weighted by Crippen LogP contribution is 2.44. The van der Waals surface area contributed by atoms with E-state index in [1.54, 1.807) is 12.1 Å². The third-order valence-corrected chi connectivity index (χ3v) is 6.85. The van der Waals surface area contributed by atoms with E-state index in [4.69, 9.17) is 10.7 Å². The van der Waals surface area contributed by atoms with Crippen molar-refractivity contribution in [3.8, 4) is 11.1 Å². The first kappa shape index (κ1) is 21.6. The first-order valence-corrected chi connectivity index (χ1v) is 11.1. The Kier molecular flexibility index (Phi) is 5.74. The zero-order valence-corrected chi connectivity index (χ0v) is 18.7. The van der Waals surface area contributed by atoms with Gasteiger partial charge in [-0.2, -0.15) is 0 Å². The molecule has 0 amide bonds. The fraction of sp³-hybridized carbons (Fsp3) is 0.259. The summed E-state index contributed by atoms with van der Waals surface area (Å²) in [6.07, 6.45) is 1.79. The van der Waals surface area contributed by atoms with Crippen LogP contribution in [-0.4, -0.2) is 21.0 Å². The molecule has 5 heteroatoms. The van der Waals surface area contributed by atoms with Gasteiger partial charge in [0, 0.05) is 11.3 Å². The highest BCUT2D eigenvalue weighted by molar-refractivity contribution is 6.01. The zero-order chi connectivity index (χ0) is 22.9. The molecule has 1 aromatic heterocycles. The van der Waals surface area contributed by atoms with E-state index in [1.165, 1.54) is 0 Å². The maximum Gasteiger partial charge on any atom is 0.337 e. The number of nitrogens with zero attached hydrogens (tertiary/aromatic N) is 1. The molecular weight excluding hydrogens is 398 g/mol. The van der Waals surface area contributed by atoms with Crippen molar-refractivity contribution < 1.29 is 9.90 Å². The number of hydrogen-bond acceptors (Lipinski definition) is 3. The molecule has 0 aliphatic heterocycles. The number of anilines is 1. The number of aromatic nitrogens is 2. The molecule has 0 radical (unpaired) electrons. The zero-order valence-electron chi connectivity index (χ0n) is 18.7. The summed E-state index contributed by atoms with van der Waals surface area (Å²) in [4.78, 5) is 20.1. The Morgan fingerprint density at radius 3 is 2.41 bits per heavy atom. The molecule has 0 saturated heterocycles. The molecule has 0 aliphatic carbocycles. The summed E-state index contributed by atoms with van der Waals surface area (Å²) >= 11 is 0. The van der Waals surface area contributed by atoms with Gasteiger partial charge in [0.05, 0.1) is 16.5 Å². The van der Waals surface area contributed by atoms with E-state index in [0.29, 0.717) is 5.52 Å². The molecule has 2 atom stereocenters. The standard InChI is InChI=1S/C27H29N3O2/c1-4-17(3)27(5-2,26-29-23-12-8-10-21(25(31)32)24(23)30-26)19-15-13-18(14-16-19)20-9-6-7-11-22(20)28/h6-17H,4-5,28H2,1-3H3,(H,29,30)(H,31,32). The molecule has 0 bridgehead atoms. The van der Waals surface area contributed by atoms with Gasteiger partial charge in [-0.1, -0.05) is 75.7 Å². The molecule has 0 aliphatic rings. The maximum absolute atomic E-state index is 11.7. The molecule has 5 nitrogen and oxygen atoms in total. The van der Waals surface area contributed by atoms with Crippen LogP contribution in [0, 0.1) is 5.92 Å². The summed E-state index contributed by atoms with van der Waals surface area (Å²) in [7, 11) is 0. The van der Waals surface area contributed by atoms with E-state index >= 15 is 0 Å². The van der Waals surface area contributed by atoms with Crippen LogP contribution >= 0.6 is 0 Å². The minimum atomic E-state index is -0.968. The average molecular weight is 428 g/mol. The van der Waals surface area contributed by atoms with Crippen LogP contribution in [0.2, 0.25) is 0 Å². The summed E-state index contributed by atoms with van der Waals surface area (Å²) in [5.41, 5.74) is 11.3. The van der Waals surface area contributed by atoms with Crippen LogP contribution in [0.25, 0.3) is 22.2 Å². The number of imidazole rings is 1. The fourth-order valence-electron chi connectivity index (χ4n) is 4.85.